The smallest absolute Gasteiger partial charge is 0.188 e. The molecule has 1 aliphatic heterocycles. The average molecular weight is 157 g/mol. The Morgan fingerprint density at radius 2 is 2.45 bits per heavy atom. The van der Waals surface area contributed by atoms with Gasteiger partial charge in [-0.15, -0.1) is 0 Å². The maximum Gasteiger partial charge on any atom is 0.188 e. The lowest BCUT2D eigenvalue weighted by atomic mass is 9.99. The van der Waals surface area contributed by atoms with Crippen LogP contribution in [0.25, 0.3) is 0 Å². The monoisotopic (exact) mass is 157 g/mol. The van der Waals surface area contributed by atoms with Crippen LogP contribution in [-0.4, -0.2) is 35.7 Å². The second-order valence-electron chi connectivity index (χ2n) is 3.02. The van der Waals surface area contributed by atoms with Crippen LogP contribution in [0.5, 0.6) is 0 Å². The summed E-state index contributed by atoms with van der Waals surface area (Å²) in [5.41, 5.74) is 5.31. The first kappa shape index (κ1) is 8.33. The number of rotatable bonds is 1. The standard InChI is InChI=1S/C7H15N3O/c8-7(9)10-3-1-2-6(4-10)5-11/h6,11H,1-5H2,(H3,8,9). The Kier molecular flexibility index (Phi) is 2.70. The zero-order valence-corrected chi connectivity index (χ0v) is 6.58. The number of likely N-dealkylation sites (tertiary alicyclic amines) is 1. The summed E-state index contributed by atoms with van der Waals surface area (Å²) < 4.78 is 0. The predicted octanol–water partition coefficient (Wildman–Crippen LogP) is -0.416. The van der Waals surface area contributed by atoms with Crippen molar-refractivity contribution < 1.29 is 5.11 Å². The lowest BCUT2D eigenvalue weighted by Gasteiger charge is -2.31. The predicted molar refractivity (Wildman–Crippen MR) is 43.3 cm³/mol. The van der Waals surface area contributed by atoms with Crippen molar-refractivity contribution in [1.29, 1.82) is 5.41 Å². The van der Waals surface area contributed by atoms with Crippen molar-refractivity contribution in [3.8, 4) is 0 Å². The number of hydrogen-bond acceptors (Lipinski definition) is 2. The zero-order valence-electron chi connectivity index (χ0n) is 6.58. The van der Waals surface area contributed by atoms with Crippen molar-refractivity contribution in [1.82, 2.24) is 4.90 Å². The van der Waals surface area contributed by atoms with E-state index in [4.69, 9.17) is 16.2 Å². The van der Waals surface area contributed by atoms with E-state index in [9.17, 15) is 0 Å². The summed E-state index contributed by atoms with van der Waals surface area (Å²) in [6.45, 7) is 1.82. The van der Waals surface area contributed by atoms with Gasteiger partial charge in [0, 0.05) is 19.7 Å². The number of aliphatic hydroxyl groups is 1. The molecule has 4 N–H and O–H groups in total. The maximum absolute atomic E-state index is 8.85. The minimum Gasteiger partial charge on any atom is -0.396 e. The molecular formula is C7H15N3O. The number of aliphatic hydroxyl groups excluding tert-OH is 1. The molecule has 0 spiro atoms. The molecule has 11 heavy (non-hydrogen) atoms. The van der Waals surface area contributed by atoms with Crippen molar-refractivity contribution in [3.63, 3.8) is 0 Å². The molecule has 0 amide bonds. The van der Waals surface area contributed by atoms with Gasteiger partial charge in [-0.2, -0.15) is 0 Å². The van der Waals surface area contributed by atoms with Crippen LogP contribution in [0.15, 0.2) is 0 Å². The van der Waals surface area contributed by atoms with E-state index in [2.05, 4.69) is 0 Å². The summed E-state index contributed by atoms with van der Waals surface area (Å²) in [6.07, 6.45) is 2.09. The number of piperidine rings is 1. The molecule has 0 aromatic heterocycles. The van der Waals surface area contributed by atoms with Crippen molar-refractivity contribution in [3.05, 3.63) is 0 Å². The van der Waals surface area contributed by atoms with Gasteiger partial charge in [0.15, 0.2) is 5.96 Å². The van der Waals surface area contributed by atoms with Gasteiger partial charge in [0.05, 0.1) is 0 Å². The lowest BCUT2D eigenvalue weighted by molar-refractivity contribution is 0.159. The van der Waals surface area contributed by atoms with Gasteiger partial charge in [-0.3, -0.25) is 5.41 Å². The van der Waals surface area contributed by atoms with Gasteiger partial charge in [-0.1, -0.05) is 0 Å². The SMILES string of the molecule is N=C(N)N1CCCC(CO)C1. The van der Waals surface area contributed by atoms with Gasteiger partial charge < -0.3 is 15.7 Å². The first-order chi connectivity index (χ1) is 5.24. The quantitative estimate of drug-likeness (QED) is 0.357. The highest BCUT2D eigenvalue weighted by Gasteiger charge is 2.19. The number of nitrogens with one attached hydrogen (secondary N) is 1. The van der Waals surface area contributed by atoms with Gasteiger partial charge in [0.2, 0.25) is 0 Å². The molecule has 1 unspecified atom stereocenters. The van der Waals surface area contributed by atoms with Crippen LogP contribution in [0.2, 0.25) is 0 Å². The Morgan fingerprint density at radius 3 is 3.00 bits per heavy atom. The zero-order chi connectivity index (χ0) is 8.27. The number of nitrogens with two attached hydrogens (primary N) is 1. The molecule has 1 aliphatic rings. The summed E-state index contributed by atoms with van der Waals surface area (Å²) in [4.78, 5) is 1.81. The molecule has 0 radical (unpaired) electrons. The van der Waals surface area contributed by atoms with Crippen molar-refractivity contribution >= 4 is 5.96 Å². The van der Waals surface area contributed by atoms with E-state index in [1.165, 1.54) is 0 Å². The van der Waals surface area contributed by atoms with Crippen LogP contribution < -0.4 is 5.73 Å². The second-order valence-corrected chi connectivity index (χ2v) is 3.02. The van der Waals surface area contributed by atoms with E-state index in [0.717, 1.165) is 25.9 Å². The van der Waals surface area contributed by atoms with Crippen LogP contribution in [0, 0.1) is 11.3 Å². The Balaban J connectivity index is 2.39. The van der Waals surface area contributed by atoms with Gasteiger partial charge in [0.1, 0.15) is 0 Å². The molecule has 1 saturated heterocycles. The van der Waals surface area contributed by atoms with E-state index in [-0.39, 0.29) is 12.6 Å². The van der Waals surface area contributed by atoms with Gasteiger partial charge in [-0.25, -0.2) is 0 Å². The molecule has 1 rings (SSSR count). The Labute approximate surface area is 66.5 Å². The Morgan fingerprint density at radius 1 is 1.73 bits per heavy atom. The molecule has 1 atom stereocenters. The van der Waals surface area contributed by atoms with E-state index in [0.29, 0.717) is 5.92 Å². The van der Waals surface area contributed by atoms with E-state index in [1.807, 2.05) is 4.90 Å². The summed E-state index contributed by atoms with van der Waals surface area (Å²) in [5.74, 6) is 0.441. The summed E-state index contributed by atoms with van der Waals surface area (Å²) in [7, 11) is 0. The summed E-state index contributed by atoms with van der Waals surface area (Å²) >= 11 is 0. The summed E-state index contributed by atoms with van der Waals surface area (Å²) in [6, 6.07) is 0. The lowest BCUT2D eigenvalue weighted by Crippen LogP contribution is -2.44. The average Bonchev–Trinajstić information content (AvgIpc) is 2.05. The normalized spacial score (nSPS) is 25.2. The minimum atomic E-state index is 0.128. The number of guanidine groups is 1. The van der Waals surface area contributed by atoms with E-state index < -0.39 is 0 Å². The highest BCUT2D eigenvalue weighted by molar-refractivity contribution is 5.74. The summed E-state index contributed by atoms with van der Waals surface area (Å²) in [5, 5.41) is 16.0. The molecular weight excluding hydrogens is 142 g/mol. The molecule has 64 valence electrons. The third-order valence-electron chi connectivity index (χ3n) is 2.12. The first-order valence-corrected chi connectivity index (χ1v) is 3.94. The van der Waals surface area contributed by atoms with Crippen LogP contribution in [-0.2, 0) is 0 Å². The van der Waals surface area contributed by atoms with Crippen molar-refractivity contribution in [2.45, 2.75) is 12.8 Å². The third kappa shape index (κ3) is 2.08. The van der Waals surface area contributed by atoms with Crippen molar-refractivity contribution in [2.24, 2.45) is 11.7 Å². The van der Waals surface area contributed by atoms with Gasteiger partial charge in [-0.05, 0) is 18.8 Å². The van der Waals surface area contributed by atoms with Crippen LogP contribution >= 0.6 is 0 Å². The fourth-order valence-electron chi connectivity index (χ4n) is 1.43. The molecule has 0 aliphatic carbocycles. The minimum absolute atomic E-state index is 0.128. The van der Waals surface area contributed by atoms with Crippen LogP contribution in [0.3, 0.4) is 0 Å². The third-order valence-corrected chi connectivity index (χ3v) is 2.12. The number of nitrogens with zero attached hydrogens (tertiary/aromatic N) is 1. The van der Waals surface area contributed by atoms with Crippen LogP contribution in [0.4, 0.5) is 0 Å². The topological polar surface area (TPSA) is 73.3 Å². The molecule has 4 heteroatoms. The van der Waals surface area contributed by atoms with E-state index >= 15 is 0 Å². The highest BCUT2D eigenvalue weighted by Crippen LogP contribution is 2.14. The maximum atomic E-state index is 8.85. The largest absolute Gasteiger partial charge is 0.396 e. The van der Waals surface area contributed by atoms with Gasteiger partial charge in [0.25, 0.3) is 0 Å². The molecule has 0 saturated carbocycles. The van der Waals surface area contributed by atoms with E-state index in [1.54, 1.807) is 0 Å². The highest BCUT2D eigenvalue weighted by atomic mass is 16.3. The molecule has 0 aromatic rings. The number of hydrogen-bond donors (Lipinski definition) is 3. The molecule has 1 heterocycles. The molecule has 1 fully saturated rings. The Bertz CT molecular complexity index is 149. The molecule has 0 bridgehead atoms. The van der Waals surface area contributed by atoms with Gasteiger partial charge >= 0.3 is 0 Å². The molecule has 4 nitrogen and oxygen atoms in total. The fraction of sp³-hybridized carbons (Fsp3) is 0.857. The second kappa shape index (κ2) is 3.57. The fourth-order valence-corrected chi connectivity index (χ4v) is 1.43. The van der Waals surface area contributed by atoms with Crippen LogP contribution in [0.1, 0.15) is 12.8 Å². The van der Waals surface area contributed by atoms with Crippen molar-refractivity contribution in [2.75, 3.05) is 19.7 Å². The molecule has 0 aromatic carbocycles. The first-order valence-electron chi connectivity index (χ1n) is 3.94. The Hall–Kier alpha value is -0.770.